The van der Waals surface area contributed by atoms with Crippen molar-refractivity contribution in [1.29, 1.82) is 0 Å². The van der Waals surface area contributed by atoms with Crippen LogP contribution < -0.4 is 5.32 Å². The molecule has 1 N–H and O–H groups in total. The van der Waals surface area contributed by atoms with E-state index < -0.39 is 5.91 Å². The Kier molecular flexibility index (Phi) is 5.46. The normalized spacial score (nSPS) is 15.1. The zero-order valence-corrected chi connectivity index (χ0v) is 17.1. The van der Waals surface area contributed by atoms with E-state index in [4.69, 9.17) is 4.42 Å². The number of imide groups is 1. The van der Waals surface area contributed by atoms with Crippen molar-refractivity contribution in [2.45, 2.75) is 19.8 Å². The molecular formula is C21H16N2O4S2. The molecule has 3 aromatic rings. The number of nitrogens with one attached hydrogen (secondary N) is 1. The molecule has 2 aromatic heterocycles. The smallest absolute Gasteiger partial charge is 0.290 e. The number of ketones is 1. The van der Waals surface area contributed by atoms with E-state index in [0.717, 1.165) is 33.7 Å². The molecule has 3 heterocycles. The van der Waals surface area contributed by atoms with Gasteiger partial charge >= 0.3 is 0 Å². The van der Waals surface area contributed by atoms with Crippen molar-refractivity contribution in [3.8, 4) is 10.8 Å². The third-order valence-electron chi connectivity index (χ3n) is 4.39. The van der Waals surface area contributed by atoms with Gasteiger partial charge < -0.3 is 4.42 Å². The fraction of sp³-hybridized carbons (Fsp3) is 0.143. The van der Waals surface area contributed by atoms with E-state index in [2.05, 4.69) is 10.3 Å². The van der Waals surface area contributed by atoms with Crippen LogP contribution in [0.5, 0.6) is 0 Å². The number of Topliss-reactive ketones (excluding diaryl/α,β-unsaturated/α-hetero) is 1. The first kappa shape index (κ1) is 19.4. The number of hydrogen-bond acceptors (Lipinski definition) is 7. The standard InChI is InChI=1S/C21H16N2O4S2/c1-12-15(22-20(27-12)17-3-2-10-28-17)8-9-16(24)14-6-4-13(5-7-14)11-18-19(25)23-21(26)29-18/h2-7,10-11H,8-9H2,1H3,(H,23,25,26)/b18-11+. The van der Waals surface area contributed by atoms with Crippen LogP contribution in [0.4, 0.5) is 4.79 Å². The Morgan fingerprint density at radius 2 is 2.00 bits per heavy atom. The molecule has 1 aromatic carbocycles. The number of nitrogens with zero attached hydrogens (tertiary/aromatic N) is 1. The van der Waals surface area contributed by atoms with Crippen molar-refractivity contribution >= 4 is 46.1 Å². The van der Waals surface area contributed by atoms with Crippen LogP contribution in [0.2, 0.25) is 0 Å². The maximum absolute atomic E-state index is 12.5. The van der Waals surface area contributed by atoms with Crippen LogP contribution in [0, 0.1) is 6.92 Å². The minimum atomic E-state index is -0.398. The summed E-state index contributed by atoms with van der Waals surface area (Å²) >= 11 is 2.43. The van der Waals surface area contributed by atoms with Crippen molar-refractivity contribution in [3.63, 3.8) is 0 Å². The second kappa shape index (κ2) is 8.18. The number of carbonyl (C=O) groups excluding carboxylic acids is 3. The van der Waals surface area contributed by atoms with Gasteiger partial charge in [-0.1, -0.05) is 30.3 Å². The van der Waals surface area contributed by atoms with Gasteiger partial charge in [0.25, 0.3) is 11.1 Å². The molecule has 146 valence electrons. The number of amides is 2. The van der Waals surface area contributed by atoms with E-state index in [1.807, 2.05) is 24.4 Å². The van der Waals surface area contributed by atoms with E-state index >= 15 is 0 Å². The molecule has 1 saturated heterocycles. The predicted octanol–water partition coefficient (Wildman–Crippen LogP) is 4.85. The molecule has 4 rings (SSSR count). The van der Waals surface area contributed by atoms with Gasteiger partial charge in [-0.15, -0.1) is 11.3 Å². The second-order valence-electron chi connectivity index (χ2n) is 6.40. The predicted molar refractivity (Wildman–Crippen MR) is 113 cm³/mol. The SMILES string of the molecule is Cc1oc(-c2cccs2)nc1CCC(=O)c1ccc(/C=C2/SC(=O)NC2=O)cc1. The van der Waals surface area contributed by atoms with E-state index in [0.29, 0.717) is 29.2 Å². The molecule has 6 nitrogen and oxygen atoms in total. The highest BCUT2D eigenvalue weighted by molar-refractivity contribution is 8.18. The number of rotatable bonds is 6. The number of aromatic nitrogens is 1. The van der Waals surface area contributed by atoms with Gasteiger partial charge in [-0.25, -0.2) is 4.98 Å². The van der Waals surface area contributed by atoms with E-state index in [1.165, 1.54) is 0 Å². The molecule has 0 saturated carbocycles. The molecule has 0 radical (unpaired) electrons. The van der Waals surface area contributed by atoms with Crippen molar-refractivity contribution in [3.05, 3.63) is 69.3 Å². The fourth-order valence-corrected chi connectivity index (χ4v) is 4.21. The van der Waals surface area contributed by atoms with Crippen molar-refractivity contribution < 1.29 is 18.8 Å². The molecule has 0 atom stereocenters. The number of benzene rings is 1. The van der Waals surface area contributed by atoms with Crippen LogP contribution in [0.15, 0.2) is 51.1 Å². The summed E-state index contributed by atoms with van der Waals surface area (Å²) in [5.41, 5.74) is 2.13. The number of aryl methyl sites for hydroxylation is 2. The van der Waals surface area contributed by atoms with Gasteiger partial charge in [0.2, 0.25) is 5.89 Å². The highest BCUT2D eigenvalue weighted by atomic mass is 32.2. The molecule has 1 aliphatic rings. The zero-order valence-electron chi connectivity index (χ0n) is 15.4. The van der Waals surface area contributed by atoms with Gasteiger partial charge in [0.15, 0.2) is 5.78 Å². The molecule has 0 bridgehead atoms. The second-order valence-corrected chi connectivity index (χ2v) is 8.36. The summed E-state index contributed by atoms with van der Waals surface area (Å²) in [6.45, 7) is 1.86. The van der Waals surface area contributed by atoms with Crippen LogP contribution in [-0.2, 0) is 11.2 Å². The topological polar surface area (TPSA) is 89.3 Å². The summed E-state index contributed by atoms with van der Waals surface area (Å²) in [6, 6.07) is 10.9. The monoisotopic (exact) mass is 424 g/mol. The molecule has 1 fully saturated rings. The van der Waals surface area contributed by atoms with Gasteiger partial charge in [-0.05, 0) is 41.8 Å². The summed E-state index contributed by atoms with van der Waals surface area (Å²) in [5, 5.41) is 3.80. The first-order chi connectivity index (χ1) is 14.0. The van der Waals surface area contributed by atoms with Crippen LogP contribution in [0.3, 0.4) is 0 Å². The molecule has 0 aliphatic carbocycles. The van der Waals surface area contributed by atoms with E-state index in [9.17, 15) is 14.4 Å². The van der Waals surface area contributed by atoms with Gasteiger partial charge in [-0.2, -0.15) is 0 Å². The molecule has 1 aliphatic heterocycles. The highest BCUT2D eigenvalue weighted by Gasteiger charge is 2.24. The number of carbonyl (C=O) groups is 3. The molecule has 0 spiro atoms. The lowest BCUT2D eigenvalue weighted by Crippen LogP contribution is -2.17. The Balaban J connectivity index is 1.40. The lowest BCUT2D eigenvalue weighted by atomic mass is 10.0. The summed E-state index contributed by atoms with van der Waals surface area (Å²) in [5.74, 6) is 0.923. The molecule has 2 amide bonds. The molecule has 0 unspecified atom stereocenters. The van der Waals surface area contributed by atoms with Crippen LogP contribution in [-0.4, -0.2) is 21.9 Å². The van der Waals surface area contributed by atoms with Gasteiger partial charge in [0.05, 0.1) is 15.5 Å². The third-order valence-corrected chi connectivity index (χ3v) is 6.05. The maximum Gasteiger partial charge on any atom is 0.290 e. The van der Waals surface area contributed by atoms with Crippen molar-refractivity contribution in [1.82, 2.24) is 10.3 Å². The van der Waals surface area contributed by atoms with Gasteiger partial charge in [0, 0.05) is 18.4 Å². The van der Waals surface area contributed by atoms with Crippen molar-refractivity contribution in [2.75, 3.05) is 0 Å². The van der Waals surface area contributed by atoms with Crippen LogP contribution in [0.25, 0.3) is 16.8 Å². The van der Waals surface area contributed by atoms with E-state index in [-0.39, 0.29) is 11.0 Å². The fourth-order valence-electron chi connectivity index (χ4n) is 2.88. The Morgan fingerprint density at radius 3 is 2.66 bits per heavy atom. The van der Waals surface area contributed by atoms with E-state index in [1.54, 1.807) is 41.7 Å². The Bertz CT molecular complexity index is 1110. The maximum atomic E-state index is 12.5. The highest BCUT2D eigenvalue weighted by Crippen LogP contribution is 2.27. The minimum Gasteiger partial charge on any atom is -0.440 e. The average molecular weight is 425 g/mol. The first-order valence-electron chi connectivity index (χ1n) is 8.88. The average Bonchev–Trinajstić information content (AvgIpc) is 3.42. The lowest BCUT2D eigenvalue weighted by Gasteiger charge is -2.02. The van der Waals surface area contributed by atoms with Crippen LogP contribution in [0.1, 0.15) is 33.8 Å². The summed E-state index contributed by atoms with van der Waals surface area (Å²) in [4.78, 5) is 41.2. The zero-order chi connectivity index (χ0) is 20.4. The lowest BCUT2D eigenvalue weighted by molar-refractivity contribution is -0.115. The van der Waals surface area contributed by atoms with Gasteiger partial charge in [-0.3, -0.25) is 19.7 Å². The Labute approximate surface area is 175 Å². The summed E-state index contributed by atoms with van der Waals surface area (Å²) in [7, 11) is 0. The summed E-state index contributed by atoms with van der Waals surface area (Å²) in [6.07, 6.45) is 2.46. The van der Waals surface area contributed by atoms with Crippen molar-refractivity contribution in [2.24, 2.45) is 0 Å². The molecule has 29 heavy (non-hydrogen) atoms. The largest absolute Gasteiger partial charge is 0.440 e. The summed E-state index contributed by atoms with van der Waals surface area (Å²) < 4.78 is 5.72. The quantitative estimate of drug-likeness (QED) is 0.449. The Morgan fingerprint density at radius 1 is 1.21 bits per heavy atom. The minimum absolute atomic E-state index is 0.00689. The first-order valence-corrected chi connectivity index (χ1v) is 10.6. The Hall–Kier alpha value is -2.97. The number of thiophene rings is 1. The van der Waals surface area contributed by atoms with Gasteiger partial charge in [0.1, 0.15) is 5.76 Å². The number of hydrogen-bond donors (Lipinski definition) is 1. The number of thioether (sulfide) groups is 1. The molecular weight excluding hydrogens is 408 g/mol. The third kappa shape index (κ3) is 4.38. The number of oxazole rings is 1. The van der Waals surface area contributed by atoms with Crippen LogP contribution >= 0.6 is 23.1 Å². The molecule has 8 heteroatoms.